The van der Waals surface area contributed by atoms with Crippen LogP contribution < -0.4 is 0 Å². The average Bonchev–Trinajstić information content (AvgIpc) is 2.86. The van der Waals surface area contributed by atoms with Crippen molar-refractivity contribution in [2.45, 2.75) is 70.8 Å². The third kappa shape index (κ3) is 4.75. The fourth-order valence-electron chi connectivity index (χ4n) is 4.32. The van der Waals surface area contributed by atoms with E-state index in [0.29, 0.717) is 5.92 Å². The Balaban J connectivity index is 1.75. The molecule has 0 heterocycles. The number of hydrogen-bond acceptors (Lipinski definition) is 2. The molecule has 0 aromatic rings. The summed E-state index contributed by atoms with van der Waals surface area (Å²) < 4.78 is 0. The van der Waals surface area contributed by atoms with Crippen molar-refractivity contribution in [1.82, 2.24) is 4.90 Å². The van der Waals surface area contributed by atoms with Crippen molar-refractivity contribution in [3.8, 4) is 0 Å². The van der Waals surface area contributed by atoms with Gasteiger partial charge in [0.2, 0.25) is 0 Å². The molecule has 0 saturated heterocycles. The predicted octanol–water partition coefficient (Wildman–Crippen LogP) is 3.69. The summed E-state index contributed by atoms with van der Waals surface area (Å²) in [6.07, 6.45) is 11.9. The quantitative estimate of drug-likeness (QED) is 0.793. The fourth-order valence-corrected chi connectivity index (χ4v) is 4.32. The van der Waals surface area contributed by atoms with Gasteiger partial charge in [-0.15, -0.1) is 0 Å². The van der Waals surface area contributed by atoms with Gasteiger partial charge in [0.05, 0.1) is 6.10 Å². The minimum Gasteiger partial charge on any atom is -0.393 e. The van der Waals surface area contributed by atoms with Crippen LogP contribution in [0.15, 0.2) is 0 Å². The van der Waals surface area contributed by atoms with Crippen LogP contribution in [0.1, 0.15) is 64.7 Å². The second-order valence-corrected chi connectivity index (χ2v) is 7.17. The lowest BCUT2D eigenvalue weighted by molar-refractivity contribution is 0.0278. The molecule has 19 heavy (non-hydrogen) atoms. The van der Waals surface area contributed by atoms with Crippen molar-refractivity contribution >= 4 is 0 Å². The minimum atomic E-state index is -0.0425. The van der Waals surface area contributed by atoms with Gasteiger partial charge >= 0.3 is 0 Å². The second-order valence-electron chi connectivity index (χ2n) is 7.17. The average molecular weight is 267 g/mol. The molecule has 2 aliphatic carbocycles. The van der Waals surface area contributed by atoms with Gasteiger partial charge in [-0.2, -0.15) is 0 Å². The molecule has 1 N–H and O–H groups in total. The van der Waals surface area contributed by atoms with Gasteiger partial charge in [-0.05, 0) is 56.9 Å². The van der Waals surface area contributed by atoms with Gasteiger partial charge in [0, 0.05) is 13.1 Å². The van der Waals surface area contributed by atoms with Crippen molar-refractivity contribution in [3.05, 3.63) is 0 Å². The van der Waals surface area contributed by atoms with Crippen molar-refractivity contribution in [2.24, 2.45) is 17.8 Å². The van der Waals surface area contributed by atoms with Crippen LogP contribution in [0.25, 0.3) is 0 Å². The molecule has 2 saturated carbocycles. The Morgan fingerprint density at radius 1 is 1.00 bits per heavy atom. The van der Waals surface area contributed by atoms with Gasteiger partial charge in [-0.1, -0.05) is 32.6 Å². The summed E-state index contributed by atoms with van der Waals surface area (Å²) in [7, 11) is 2.26. The monoisotopic (exact) mass is 267 g/mol. The summed E-state index contributed by atoms with van der Waals surface area (Å²) in [4.78, 5) is 2.50. The van der Waals surface area contributed by atoms with Crippen LogP contribution >= 0.6 is 0 Å². The zero-order chi connectivity index (χ0) is 13.7. The molecular formula is C17H33NO. The number of hydrogen-bond donors (Lipinski definition) is 1. The largest absolute Gasteiger partial charge is 0.393 e. The van der Waals surface area contributed by atoms with Crippen LogP contribution in [0.4, 0.5) is 0 Å². The van der Waals surface area contributed by atoms with E-state index >= 15 is 0 Å². The Morgan fingerprint density at radius 2 is 1.74 bits per heavy atom. The minimum absolute atomic E-state index is 0.0425. The van der Waals surface area contributed by atoms with Gasteiger partial charge in [0.1, 0.15) is 0 Å². The molecule has 112 valence electrons. The van der Waals surface area contributed by atoms with Crippen molar-refractivity contribution in [3.63, 3.8) is 0 Å². The molecule has 0 amide bonds. The number of nitrogens with zero attached hydrogens (tertiary/aromatic N) is 1. The molecule has 0 spiro atoms. The molecule has 0 aromatic heterocycles. The molecule has 2 heteroatoms. The first-order valence-corrected chi connectivity index (χ1v) is 8.55. The summed E-state index contributed by atoms with van der Waals surface area (Å²) in [6, 6.07) is 0. The van der Waals surface area contributed by atoms with Crippen molar-refractivity contribution in [2.75, 3.05) is 20.1 Å². The maximum atomic E-state index is 10.2. The molecule has 0 bridgehead atoms. The molecule has 0 aromatic carbocycles. The summed E-state index contributed by atoms with van der Waals surface area (Å²) in [5, 5.41) is 10.2. The van der Waals surface area contributed by atoms with E-state index < -0.39 is 0 Å². The smallest absolute Gasteiger partial charge is 0.0580 e. The highest BCUT2D eigenvalue weighted by Crippen LogP contribution is 2.33. The van der Waals surface area contributed by atoms with Crippen LogP contribution in [0.3, 0.4) is 0 Å². The molecule has 2 aliphatic rings. The number of aliphatic hydroxyl groups is 1. The second kappa shape index (κ2) is 7.64. The molecule has 2 fully saturated rings. The molecule has 0 radical (unpaired) electrons. The van der Waals surface area contributed by atoms with E-state index in [2.05, 4.69) is 18.9 Å². The SMILES string of the molecule is CCCC1CCC(O)C(CN(C)CC2CCCC2)C1. The van der Waals surface area contributed by atoms with E-state index in [9.17, 15) is 5.11 Å². The molecule has 0 aliphatic heterocycles. The van der Waals surface area contributed by atoms with Gasteiger partial charge in [-0.25, -0.2) is 0 Å². The maximum Gasteiger partial charge on any atom is 0.0580 e. The Bertz CT molecular complexity index is 250. The van der Waals surface area contributed by atoms with Crippen LogP contribution in [0.5, 0.6) is 0 Å². The lowest BCUT2D eigenvalue weighted by Gasteiger charge is -2.36. The highest BCUT2D eigenvalue weighted by atomic mass is 16.3. The van der Waals surface area contributed by atoms with Crippen LogP contribution in [-0.2, 0) is 0 Å². The fraction of sp³-hybridized carbons (Fsp3) is 1.00. The van der Waals surface area contributed by atoms with Gasteiger partial charge in [-0.3, -0.25) is 0 Å². The highest BCUT2D eigenvalue weighted by Gasteiger charge is 2.30. The number of aliphatic hydroxyl groups excluding tert-OH is 1. The van der Waals surface area contributed by atoms with Crippen molar-refractivity contribution < 1.29 is 5.11 Å². The normalized spacial score (nSPS) is 33.2. The van der Waals surface area contributed by atoms with E-state index in [1.54, 1.807) is 0 Å². The van der Waals surface area contributed by atoms with Crippen LogP contribution in [-0.4, -0.2) is 36.2 Å². The van der Waals surface area contributed by atoms with Gasteiger partial charge in [0.15, 0.2) is 0 Å². The third-order valence-electron chi connectivity index (χ3n) is 5.34. The maximum absolute atomic E-state index is 10.2. The lowest BCUT2D eigenvalue weighted by atomic mass is 9.77. The van der Waals surface area contributed by atoms with E-state index in [1.807, 2.05) is 0 Å². The Hall–Kier alpha value is -0.0800. The first-order chi connectivity index (χ1) is 9.19. The molecule has 3 atom stereocenters. The van der Waals surface area contributed by atoms with E-state index in [0.717, 1.165) is 24.8 Å². The third-order valence-corrected chi connectivity index (χ3v) is 5.34. The summed E-state index contributed by atoms with van der Waals surface area (Å²) in [5.74, 6) is 2.33. The van der Waals surface area contributed by atoms with Crippen molar-refractivity contribution in [1.29, 1.82) is 0 Å². The summed E-state index contributed by atoms with van der Waals surface area (Å²) in [6.45, 7) is 4.64. The lowest BCUT2D eigenvalue weighted by Crippen LogP contribution is -2.38. The van der Waals surface area contributed by atoms with E-state index in [1.165, 1.54) is 57.9 Å². The van der Waals surface area contributed by atoms with Gasteiger partial charge < -0.3 is 10.0 Å². The Labute approximate surface area is 119 Å². The molecular weight excluding hydrogens is 234 g/mol. The molecule has 2 nitrogen and oxygen atoms in total. The summed E-state index contributed by atoms with van der Waals surface area (Å²) in [5.41, 5.74) is 0. The standard InChI is InChI=1S/C17H33NO/c1-3-6-14-9-10-17(19)16(11-14)13-18(2)12-15-7-4-5-8-15/h14-17,19H,3-13H2,1-2H3. The topological polar surface area (TPSA) is 23.5 Å². The van der Waals surface area contributed by atoms with Crippen LogP contribution in [0.2, 0.25) is 0 Å². The highest BCUT2D eigenvalue weighted by molar-refractivity contribution is 4.82. The summed E-state index contributed by atoms with van der Waals surface area (Å²) >= 11 is 0. The first kappa shape index (κ1) is 15.3. The zero-order valence-electron chi connectivity index (χ0n) is 13.0. The van der Waals surface area contributed by atoms with Crippen LogP contribution in [0, 0.1) is 17.8 Å². The Kier molecular flexibility index (Phi) is 6.15. The molecule has 2 rings (SSSR count). The molecule has 3 unspecified atom stereocenters. The first-order valence-electron chi connectivity index (χ1n) is 8.55. The number of rotatable bonds is 6. The Morgan fingerprint density at radius 3 is 2.42 bits per heavy atom. The van der Waals surface area contributed by atoms with E-state index in [4.69, 9.17) is 0 Å². The van der Waals surface area contributed by atoms with Gasteiger partial charge in [0.25, 0.3) is 0 Å². The zero-order valence-corrected chi connectivity index (χ0v) is 13.0. The predicted molar refractivity (Wildman–Crippen MR) is 81.2 cm³/mol. The van der Waals surface area contributed by atoms with E-state index in [-0.39, 0.29) is 6.10 Å².